The van der Waals surface area contributed by atoms with Gasteiger partial charge in [0.1, 0.15) is 0 Å². The molecule has 0 radical (unpaired) electrons. The molecular formula is C24H27N3O3. The van der Waals surface area contributed by atoms with Crippen molar-refractivity contribution < 1.29 is 14.3 Å². The Bertz CT molecular complexity index is 952. The number of rotatable bonds is 9. The second-order valence-corrected chi connectivity index (χ2v) is 7.40. The number of aromatic nitrogens is 2. The first-order chi connectivity index (χ1) is 14.5. The van der Waals surface area contributed by atoms with Crippen LogP contribution in [0.2, 0.25) is 0 Å². The minimum absolute atomic E-state index is 0.0971. The zero-order valence-corrected chi connectivity index (χ0v) is 17.3. The molecular weight excluding hydrogens is 378 g/mol. The summed E-state index contributed by atoms with van der Waals surface area (Å²) in [6, 6.07) is 18.9. The Labute approximate surface area is 176 Å². The molecule has 1 amide bonds. The Kier molecular flexibility index (Phi) is 7.38. The Balaban J connectivity index is 1.59. The van der Waals surface area contributed by atoms with Gasteiger partial charge in [-0.3, -0.25) is 9.59 Å². The minimum Gasteiger partial charge on any atom is -0.463 e. The first-order valence-electron chi connectivity index (χ1n) is 10.1. The molecule has 1 aromatic heterocycles. The van der Waals surface area contributed by atoms with Crippen LogP contribution >= 0.6 is 0 Å². The average Bonchev–Trinajstić information content (AvgIpc) is 3.22. The van der Waals surface area contributed by atoms with Crippen molar-refractivity contribution in [3.05, 3.63) is 84.2 Å². The monoisotopic (exact) mass is 405 g/mol. The van der Waals surface area contributed by atoms with E-state index in [1.54, 1.807) is 10.9 Å². The number of para-hydroxylation sites is 1. The van der Waals surface area contributed by atoms with Gasteiger partial charge >= 0.3 is 5.97 Å². The number of carbonyl (C=O) groups excluding carboxylic acids is 2. The smallest absolute Gasteiger partial charge is 0.308 e. The molecule has 156 valence electrons. The molecule has 2 aromatic carbocycles. The van der Waals surface area contributed by atoms with E-state index in [0.29, 0.717) is 12.8 Å². The van der Waals surface area contributed by atoms with E-state index in [2.05, 4.69) is 10.4 Å². The van der Waals surface area contributed by atoms with Crippen LogP contribution in [0.3, 0.4) is 0 Å². The van der Waals surface area contributed by atoms with Crippen molar-refractivity contribution in [3.63, 3.8) is 0 Å². The molecule has 0 bridgehead atoms. The highest BCUT2D eigenvalue weighted by Crippen LogP contribution is 2.18. The first kappa shape index (κ1) is 21.3. The van der Waals surface area contributed by atoms with E-state index in [1.165, 1.54) is 0 Å². The van der Waals surface area contributed by atoms with Crippen LogP contribution in [-0.4, -0.2) is 27.8 Å². The van der Waals surface area contributed by atoms with Crippen LogP contribution in [0.25, 0.3) is 5.69 Å². The van der Waals surface area contributed by atoms with Gasteiger partial charge < -0.3 is 10.1 Å². The molecule has 0 fully saturated rings. The predicted octanol–water partition coefficient (Wildman–Crippen LogP) is 4.00. The molecule has 6 nitrogen and oxygen atoms in total. The van der Waals surface area contributed by atoms with E-state index in [0.717, 1.165) is 16.8 Å². The van der Waals surface area contributed by atoms with Gasteiger partial charge in [-0.2, -0.15) is 5.10 Å². The van der Waals surface area contributed by atoms with Crippen molar-refractivity contribution >= 4 is 11.9 Å². The van der Waals surface area contributed by atoms with E-state index >= 15 is 0 Å². The topological polar surface area (TPSA) is 73.2 Å². The number of benzene rings is 2. The molecule has 0 aliphatic heterocycles. The molecule has 6 heteroatoms. The third-order valence-corrected chi connectivity index (χ3v) is 4.57. The highest BCUT2D eigenvalue weighted by Gasteiger charge is 2.20. The summed E-state index contributed by atoms with van der Waals surface area (Å²) in [5.74, 6) is -0.447. The van der Waals surface area contributed by atoms with Gasteiger partial charge in [0.2, 0.25) is 5.91 Å². The predicted molar refractivity (Wildman–Crippen MR) is 115 cm³/mol. The maximum atomic E-state index is 12.6. The summed E-state index contributed by atoms with van der Waals surface area (Å²) in [5.41, 5.74) is 2.83. The Hall–Kier alpha value is -3.41. The highest BCUT2D eigenvalue weighted by atomic mass is 16.5. The lowest BCUT2D eigenvalue weighted by atomic mass is 10.0. The fraction of sp³-hybridized carbons (Fsp3) is 0.292. The SMILES string of the molecule is CC(C)OC(=O)CC(NC(=O)CCc1cnn(-c2ccccc2)c1)c1ccccc1. The molecule has 1 heterocycles. The van der Waals surface area contributed by atoms with Crippen LogP contribution in [0.5, 0.6) is 0 Å². The average molecular weight is 405 g/mol. The van der Waals surface area contributed by atoms with Crippen molar-refractivity contribution in [2.75, 3.05) is 0 Å². The fourth-order valence-corrected chi connectivity index (χ4v) is 3.15. The van der Waals surface area contributed by atoms with E-state index in [4.69, 9.17) is 4.74 Å². The Morgan fingerprint density at radius 1 is 1.03 bits per heavy atom. The number of aryl methyl sites for hydroxylation is 1. The Morgan fingerprint density at radius 3 is 2.37 bits per heavy atom. The summed E-state index contributed by atoms with van der Waals surface area (Å²) < 4.78 is 7.05. The largest absolute Gasteiger partial charge is 0.463 e. The molecule has 3 aromatic rings. The normalized spacial score (nSPS) is 11.8. The number of ether oxygens (including phenoxy) is 1. The number of hydrogen-bond donors (Lipinski definition) is 1. The maximum Gasteiger partial charge on any atom is 0.308 e. The van der Waals surface area contributed by atoms with Crippen molar-refractivity contribution in [1.82, 2.24) is 15.1 Å². The van der Waals surface area contributed by atoms with Crippen LogP contribution in [0.1, 0.15) is 43.9 Å². The van der Waals surface area contributed by atoms with E-state index in [1.807, 2.05) is 80.7 Å². The molecule has 0 saturated heterocycles. The summed E-state index contributed by atoms with van der Waals surface area (Å²) in [6.07, 6.45) is 4.48. The van der Waals surface area contributed by atoms with Crippen molar-refractivity contribution in [3.8, 4) is 5.69 Å². The lowest BCUT2D eigenvalue weighted by Crippen LogP contribution is -2.31. The molecule has 0 spiro atoms. The number of carbonyl (C=O) groups is 2. The quantitative estimate of drug-likeness (QED) is 0.546. The summed E-state index contributed by atoms with van der Waals surface area (Å²) in [4.78, 5) is 24.7. The van der Waals surface area contributed by atoms with Crippen molar-refractivity contribution in [2.24, 2.45) is 0 Å². The molecule has 1 atom stereocenters. The van der Waals surface area contributed by atoms with Gasteiger partial charge in [-0.15, -0.1) is 0 Å². The van der Waals surface area contributed by atoms with Crippen LogP contribution < -0.4 is 5.32 Å². The van der Waals surface area contributed by atoms with Crippen LogP contribution in [0.15, 0.2) is 73.1 Å². The third kappa shape index (κ3) is 6.30. The van der Waals surface area contributed by atoms with E-state index < -0.39 is 6.04 Å². The maximum absolute atomic E-state index is 12.6. The van der Waals surface area contributed by atoms with Crippen LogP contribution in [-0.2, 0) is 20.7 Å². The van der Waals surface area contributed by atoms with Crippen molar-refractivity contribution in [2.45, 2.75) is 45.3 Å². The number of nitrogens with zero attached hydrogens (tertiary/aromatic N) is 2. The van der Waals surface area contributed by atoms with Gasteiger partial charge in [0, 0.05) is 12.6 Å². The second kappa shape index (κ2) is 10.4. The molecule has 30 heavy (non-hydrogen) atoms. The second-order valence-electron chi connectivity index (χ2n) is 7.40. The molecule has 1 unspecified atom stereocenters. The van der Waals surface area contributed by atoms with Gasteiger partial charge in [-0.05, 0) is 43.5 Å². The van der Waals surface area contributed by atoms with Gasteiger partial charge in [0.15, 0.2) is 0 Å². The lowest BCUT2D eigenvalue weighted by Gasteiger charge is -2.19. The lowest BCUT2D eigenvalue weighted by molar-refractivity contribution is -0.148. The van der Waals surface area contributed by atoms with Crippen molar-refractivity contribution in [1.29, 1.82) is 0 Å². The molecule has 0 saturated carbocycles. The van der Waals surface area contributed by atoms with E-state index in [9.17, 15) is 9.59 Å². The fourth-order valence-electron chi connectivity index (χ4n) is 3.15. The van der Waals surface area contributed by atoms with Gasteiger partial charge in [-0.1, -0.05) is 48.5 Å². The number of esters is 1. The molecule has 1 N–H and O–H groups in total. The summed E-state index contributed by atoms with van der Waals surface area (Å²) in [7, 11) is 0. The molecule has 0 aliphatic rings. The first-order valence-corrected chi connectivity index (χ1v) is 10.1. The number of nitrogens with one attached hydrogen (secondary N) is 1. The van der Waals surface area contributed by atoms with Gasteiger partial charge in [0.05, 0.1) is 30.5 Å². The summed E-state index contributed by atoms with van der Waals surface area (Å²) in [5, 5.41) is 7.34. The summed E-state index contributed by atoms with van der Waals surface area (Å²) in [6.45, 7) is 3.62. The third-order valence-electron chi connectivity index (χ3n) is 4.57. The summed E-state index contributed by atoms with van der Waals surface area (Å²) >= 11 is 0. The molecule has 0 aliphatic carbocycles. The van der Waals surface area contributed by atoms with Crippen LogP contribution in [0.4, 0.5) is 0 Å². The zero-order valence-electron chi connectivity index (χ0n) is 17.3. The highest BCUT2D eigenvalue weighted by molar-refractivity contribution is 5.78. The number of amides is 1. The standard InChI is InChI=1S/C24H27N3O3/c1-18(2)30-24(29)15-22(20-9-5-3-6-10-20)26-23(28)14-13-19-16-25-27(17-19)21-11-7-4-8-12-21/h3-12,16-18,22H,13-15H2,1-2H3,(H,26,28). The van der Waals surface area contributed by atoms with Gasteiger partial charge in [-0.25, -0.2) is 4.68 Å². The van der Waals surface area contributed by atoms with Crippen LogP contribution in [0, 0.1) is 0 Å². The van der Waals surface area contributed by atoms with Gasteiger partial charge in [0.25, 0.3) is 0 Å². The molecule has 3 rings (SSSR count). The van der Waals surface area contributed by atoms with E-state index in [-0.39, 0.29) is 24.4 Å². The zero-order chi connectivity index (χ0) is 21.3. The Morgan fingerprint density at radius 2 is 1.70 bits per heavy atom. The minimum atomic E-state index is -0.419. The number of hydrogen-bond acceptors (Lipinski definition) is 4.